The number of methoxy groups -OCH3 is 1. The standard InChI is InChI=1S/C28H31F4N5O5/c1-16(2)22(34-23(38)19-13-18(28(30,31)32)6-7-20(19)29)24(39)36-11-9-27(10-12-36)25(40)35(3)26(41)37(27)15-17-5-8-21(42-4)33-14-17/h5-8,13-14,16,22H,9-12,15H2,1-4H3,(H,34,38). The first-order valence-corrected chi connectivity index (χ1v) is 13.2. The summed E-state index contributed by atoms with van der Waals surface area (Å²) < 4.78 is 58.8. The van der Waals surface area contributed by atoms with Crippen molar-refractivity contribution >= 4 is 23.8 Å². The minimum absolute atomic E-state index is 0.0695. The molecule has 2 aliphatic heterocycles. The number of urea groups is 1. The third-order valence-corrected chi connectivity index (χ3v) is 7.74. The van der Waals surface area contributed by atoms with Crippen LogP contribution in [0.15, 0.2) is 36.5 Å². The lowest BCUT2D eigenvalue weighted by atomic mass is 9.85. The van der Waals surface area contributed by atoms with Gasteiger partial charge in [0.1, 0.15) is 17.4 Å². The summed E-state index contributed by atoms with van der Waals surface area (Å²) in [7, 11) is 2.87. The minimum atomic E-state index is -4.79. The van der Waals surface area contributed by atoms with E-state index in [-0.39, 0.29) is 32.5 Å². The van der Waals surface area contributed by atoms with Crippen molar-refractivity contribution in [1.82, 2.24) is 25.0 Å². The molecule has 5 amide bonds. The van der Waals surface area contributed by atoms with Gasteiger partial charge in [-0.25, -0.2) is 14.2 Å². The molecule has 0 bridgehead atoms. The Morgan fingerprint density at radius 3 is 2.33 bits per heavy atom. The maximum absolute atomic E-state index is 14.3. The maximum Gasteiger partial charge on any atom is 0.416 e. The Kier molecular flexibility index (Phi) is 8.46. The number of halogens is 4. The van der Waals surface area contributed by atoms with E-state index in [1.54, 1.807) is 32.2 Å². The van der Waals surface area contributed by atoms with Gasteiger partial charge in [-0.1, -0.05) is 19.9 Å². The normalized spacial score (nSPS) is 17.7. The van der Waals surface area contributed by atoms with E-state index in [0.29, 0.717) is 29.6 Å². The van der Waals surface area contributed by atoms with Gasteiger partial charge in [0, 0.05) is 32.4 Å². The van der Waals surface area contributed by atoms with Crippen molar-refractivity contribution in [2.24, 2.45) is 5.92 Å². The second-order valence-corrected chi connectivity index (χ2v) is 10.7. The van der Waals surface area contributed by atoms with Crippen molar-refractivity contribution in [2.75, 3.05) is 27.2 Å². The number of pyridine rings is 1. The van der Waals surface area contributed by atoms with Gasteiger partial charge in [-0.05, 0) is 42.5 Å². The highest BCUT2D eigenvalue weighted by Gasteiger charge is 2.57. The van der Waals surface area contributed by atoms with Gasteiger partial charge in [-0.2, -0.15) is 13.2 Å². The number of alkyl halides is 3. The Morgan fingerprint density at radius 1 is 1.12 bits per heavy atom. The van der Waals surface area contributed by atoms with E-state index in [9.17, 15) is 36.7 Å². The summed E-state index contributed by atoms with van der Waals surface area (Å²) in [6.45, 7) is 3.51. The van der Waals surface area contributed by atoms with Crippen LogP contribution in [0.5, 0.6) is 5.88 Å². The molecule has 2 aromatic rings. The minimum Gasteiger partial charge on any atom is -0.481 e. The Hall–Kier alpha value is -4.23. The molecule has 2 saturated heterocycles. The molecule has 0 aliphatic carbocycles. The number of carbonyl (C=O) groups is 4. The summed E-state index contributed by atoms with van der Waals surface area (Å²) >= 11 is 0. The average molecular weight is 594 g/mol. The number of likely N-dealkylation sites (N-methyl/N-ethyl adjacent to an activating group) is 1. The molecular formula is C28H31F4N5O5. The fraction of sp³-hybridized carbons (Fsp3) is 0.464. The van der Waals surface area contributed by atoms with Crippen molar-refractivity contribution in [3.05, 3.63) is 59.0 Å². The summed E-state index contributed by atoms with van der Waals surface area (Å²) in [6.07, 6.45) is -2.99. The van der Waals surface area contributed by atoms with Crippen LogP contribution < -0.4 is 10.1 Å². The highest BCUT2D eigenvalue weighted by Crippen LogP contribution is 2.38. The second kappa shape index (κ2) is 11.6. The molecule has 1 aromatic carbocycles. The number of carbonyl (C=O) groups excluding carboxylic acids is 4. The fourth-order valence-corrected chi connectivity index (χ4v) is 5.29. The van der Waals surface area contributed by atoms with Crippen LogP contribution >= 0.6 is 0 Å². The molecular weight excluding hydrogens is 562 g/mol. The zero-order valence-electron chi connectivity index (χ0n) is 23.5. The topological polar surface area (TPSA) is 112 Å². The van der Waals surface area contributed by atoms with Gasteiger partial charge >= 0.3 is 12.2 Å². The van der Waals surface area contributed by atoms with Gasteiger partial charge in [0.25, 0.3) is 11.8 Å². The van der Waals surface area contributed by atoms with E-state index in [1.807, 2.05) is 0 Å². The summed E-state index contributed by atoms with van der Waals surface area (Å²) in [5, 5.41) is 2.39. The van der Waals surface area contributed by atoms with E-state index >= 15 is 0 Å². The Balaban J connectivity index is 1.50. The molecule has 10 nitrogen and oxygen atoms in total. The third kappa shape index (κ3) is 5.74. The number of imide groups is 1. The quantitative estimate of drug-likeness (QED) is 0.389. The van der Waals surface area contributed by atoms with Crippen molar-refractivity contribution < 1.29 is 41.5 Å². The van der Waals surface area contributed by atoms with Crippen molar-refractivity contribution in [3.63, 3.8) is 0 Å². The third-order valence-electron chi connectivity index (χ3n) is 7.74. The highest BCUT2D eigenvalue weighted by atomic mass is 19.4. The van der Waals surface area contributed by atoms with E-state index in [2.05, 4.69) is 10.3 Å². The monoisotopic (exact) mass is 593 g/mol. The van der Waals surface area contributed by atoms with Crippen LogP contribution in [0.4, 0.5) is 22.4 Å². The first kappa shape index (κ1) is 30.7. The summed E-state index contributed by atoms with van der Waals surface area (Å²) in [5.74, 6) is -3.34. The molecule has 226 valence electrons. The van der Waals surface area contributed by atoms with Crippen molar-refractivity contribution in [3.8, 4) is 5.88 Å². The predicted molar refractivity (Wildman–Crippen MR) is 141 cm³/mol. The molecule has 42 heavy (non-hydrogen) atoms. The number of piperidine rings is 1. The SMILES string of the molecule is COc1ccc(CN2C(=O)N(C)C(=O)C23CCN(C(=O)C(NC(=O)c2cc(C(F)(F)F)ccc2F)C(C)C)CC3)cn1. The molecule has 4 rings (SSSR count). The van der Waals surface area contributed by atoms with Gasteiger partial charge in [-0.15, -0.1) is 0 Å². The molecule has 1 N–H and O–H groups in total. The molecule has 1 atom stereocenters. The molecule has 14 heteroatoms. The number of amides is 5. The zero-order chi connectivity index (χ0) is 31.0. The number of hydrogen-bond donors (Lipinski definition) is 1. The lowest BCUT2D eigenvalue weighted by Gasteiger charge is -2.43. The first-order chi connectivity index (χ1) is 19.7. The van der Waals surface area contributed by atoms with Crippen LogP contribution in [-0.4, -0.2) is 82.3 Å². The molecule has 3 heterocycles. The number of rotatable bonds is 7. The van der Waals surface area contributed by atoms with Gasteiger partial charge in [0.2, 0.25) is 11.8 Å². The van der Waals surface area contributed by atoms with Crippen molar-refractivity contribution in [2.45, 2.75) is 51.0 Å². The highest BCUT2D eigenvalue weighted by molar-refractivity contribution is 6.07. The number of likely N-dealkylation sites (tertiary alicyclic amines) is 1. The summed E-state index contributed by atoms with van der Waals surface area (Å²) in [5.41, 5.74) is -2.55. The molecule has 1 unspecified atom stereocenters. The fourth-order valence-electron chi connectivity index (χ4n) is 5.29. The lowest BCUT2D eigenvalue weighted by Crippen LogP contribution is -2.60. The molecule has 2 aliphatic rings. The lowest BCUT2D eigenvalue weighted by molar-refractivity contribution is -0.142. The smallest absolute Gasteiger partial charge is 0.416 e. The average Bonchev–Trinajstić information content (AvgIpc) is 3.12. The van der Waals surface area contributed by atoms with Gasteiger partial charge in [0.15, 0.2) is 0 Å². The van der Waals surface area contributed by atoms with E-state index in [0.717, 1.165) is 4.90 Å². The molecule has 1 aromatic heterocycles. The van der Waals surface area contributed by atoms with Gasteiger partial charge in [0.05, 0.1) is 24.8 Å². The largest absolute Gasteiger partial charge is 0.481 e. The number of aromatic nitrogens is 1. The molecule has 2 fully saturated rings. The van der Waals surface area contributed by atoms with Crippen LogP contribution in [-0.2, 0) is 22.3 Å². The number of nitrogens with zero attached hydrogens (tertiary/aromatic N) is 4. The van der Waals surface area contributed by atoms with E-state index < -0.39 is 64.4 Å². The Labute approximate surface area is 239 Å². The second-order valence-electron chi connectivity index (χ2n) is 10.7. The van der Waals surface area contributed by atoms with Crippen LogP contribution in [0.25, 0.3) is 0 Å². The van der Waals surface area contributed by atoms with Crippen LogP contribution in [0, 0.1) is 11.7 Å². The number of hydrogen-bond acceptors (Lipinski definition) is 6. The zero-order valence-corrected chi connectivity index (χ0v) is 23.5. The first-order valence-electron chi connectivity index (χ1n) is 13.2. The van der Waals surface area contributed by atoms with Crippen LogP contribution in [0.1, 0.15) is 48.2 Å². The maximum atomic E-state index is 14.3. The van der Waals surface area contributed by atoms with E-state index in [4.69, 9.17) is 4.74 Å². The Bertz CT molecular complexity index is 1370. The number of nitrogens with one attached hydrogen (secondary N) is 1. The van der Waals surface area contributed by atoms with E-state index in [1.165, 1.54) is 24.0 Å². The number of benzene rings is 1. The van der Waals surface area contributed by atoms with Gasteiger partial charge in [-0.3, -0.25) is 19.3 Å². The van der Waals surface area contributed by atoms with Crippen LogP contribution in [0.2, 0.25) is 0 Å². The predicted octanol–water partition coefficient (Wildman–Crippen LogP) is 3.46. The molecule has 0 radical (unpaired) electrons. The van der Waals surface area contributed by atoms with Crippen LogP contribution in [0.3, 0.4) is 0 Å². The van der Waals surface area contributed by atoms with Gasteiger partial charge < -0.3 is 19.9 Å². The summed E-state index contributed by atoms with van der Waals surface area (Å²) in [6, 6.07) is 3.21. The van der Waals surface area contributed by atoms with Crippen molar-refractivity contribution in [1.29, 1.82) is 0 Å². The summed E-state index contributed by atoms with van der Waals surface area (Å²) in [4.78, 5) is 60.8. The molecule has 0 saturated carbocycles. The number of ether oxygens (including phenoxy) is 1. The Morgan fingerprint density at radius 2 is 1.79 bits per heavy atom. The molecule has 1 spiro atoms.